The quantitative estimate of drug-likeness (QED) is 0.797. The Labute approximate surface area is 154 Å². The van der Waals surface area contributed by atoms with Crippen LogP contribution in [0.4, 0.5) is 0 Å². The molecule has 0 aliphatic rings. The van der Waals surface area contributed by atoms with Crippen molar-refractivity contribution in [3.05, 3.63) is 70.8 Å². The van der Waals surface area contributed by atoms with Gasteiger partial charge in [-0.25, -0.2) is 0 Å². The predicted octanol–water partition coefficient (Wildman–Crippen LogP) is 3.95. The van der Waals surface area contributed by atoms with Crippen molar-refractivity contribution < 1.29 is 19.8 Å². The summed E-state index contributed by atoms with van der Waals surface area (Å²) in [7, 11) is 0. The summed E-state index contributed by atoms with van der Waals surface area (Å²) < 4.78 is 0. The van der Waals surface area contributed by atoms with Crippen LogP contribution >= 0.6 is 0 Å². The van der Waals surface area contributed by atoms with Crippen molar-refractivity contribution in [3.63, 3.8) is 0 Å². The second kappa shape index (κ2) is 7.14. The van der Waals surface area contributed by atoms with Crippen LogP contribution in [0, 0.1) is 5.41 Å². The van der Waals surface area contributed by atoms with E-state index in [-0.39, 0.29) is 11.6 Å². The molecule has 2 aromatic carbocycles. The lowest BCUT2D eigenvalue weighted by Crippen LogP contribution is -2.31. The summed E-state index contributed by atoms with van der Waals surface area (Å²) in [6, 6.07) is 13.4. The second-order valence-electron chi connectivity index (χ2n) is 8.11. The number of aliphatic hydroxyl groups excluding tert-OH is 1. The number of Topliss-reactive ketones (excluding diaryl/α,β-unsaturated/α-hetero) is 2. The van der Waals surface area contributed by atoms with Crippen molar-refractivity contribution in [3.8, 4) is 0 Å². The lowest BCUT2D eigenvalue weighted by atomic mass is 9.86. The van der Waals surface area contributed by atoms with E-state index in [1.807, 2.05) is 20.8 Å². The van der Waals surface area contributed by atoms with Crippen LogP contribution in [0.15, 0.2) is 48.5 Å². The van der Waals surface area contributed by atoms with Crippen molar-refractivity contribution in [1.29, 1.82) is 0 Å². The van der Waals surface area contributed by atoms with E-state index in [2.05, 4.69) is 0 Å². The van der Waals surface area contributed by atoms with Gasteiger partial charge in [-0.05, 0) is 25.0 Å². The highest BCUT2D eigenvalue weighted by molar-refractivity contribution is 6.01. The molecule has 2 rings (SSSR count). The zero-order valence-corrected chi connectivity index (χ0v) is 15.9. The molecule has 1 unspecified atom stereocenters. The van der Waals surface area contributed by atoms with Gasteiger partial charge in [-0.2, -0.15) is 0 Å². The van der Waals surface area contributed by atoms with Gasteiger partial charge in [-0.3, -0.25) is 9.59 Å². The largest absolute Gasteiger partial charge is 0.384 e. The summed E-state index contributed by atoms with van der Waals surface area (Å²) in [6.07, 6.45) is -0.861. The lowest BCUT2D eigenvalue weighted by Gasteiger charge is -2.18. The van der Waals surface area contributed by atoms with Crippen LogP contribution in [-0.2, 0) is 0 Å². The van der Waals surface area contributed by atoms with E-state index in [0.29, 0.717) is 22.3 Å². The monoisotopic (exact) mass is 354 g/mol. The summed E-state index contributed by atoms with van der Waals surface area (Å²) in [5, 5.41) is 20.3. The van der Waals surface area contributed by atoms with E-state index in [1.165, 1.54) is 13.8 Å². The fourth-order valence-corrected chi connectivity index (χ4v) is 2.61. The van der Waals surface area contributed by atoms with Gasteiger partial charge in [0.1, 0.15) is 11.7 Å². The zero-order chi connectivity index (χ0) is 19.7. The molecule has 0 aliphatic carbocycles. The van der Waals surface area contributed by atoms with E-state index in [0.717, 1.165) is 0 Å². The van der Waals surface area contributed by atoms with Crippen molar-refractivity contribution in [2.75, 3.05) is 0 Å². The molecule has 1 atom stereocenters. The van der Waals surface area contributed by atoms with Crippen molar-refractivity contribution in [2.24, 2.45) is 5.41 Å². The standard InChI is InChI=1S/C22H26O4/c1-21(2,3)19(24)16-10-6-14(7-11-16)18(23)15-8-12-17(13-9-15)20(25)22(4,5)26/h6-13,18,23,26H,1-5H3. The molecule has 138 valence electrons. The van der Waals surface area contributed by atoms with Crippen molar-refractivity contribution in [1.82, 2.24) is 0 Å². The summed E-state index contributed by atoms with van der Waals surface area (Å²) in [5.74, 6) is -0.323. The van der Waals surface area contributed by atoms with Gasteiger partial charge >= 0.3 is 0 Å². The highest BCUT2D eigenvalue weighted by Gasteiger charge is 2.25. The van der Waals surface area contributed by atoms with Crippen LogP contribution in [0.2, 0.25) is 0 Å². The molecular weight excluding hydrogens is 328 g/mol. The van der Waals surface area contributed by atoms with Gasteiger partial charge in [0.25, 0.3) is 0 Å². The molecule has 0 radical (unpaired) electrons. The Hall–Kier alpha value is -2.30. The van der Waals surface area contributed by atoms with Crippen LogP contribution in [0.25, 0.3) is 0 Å². The fraction of sp³-hybridized carbons (Fsp3) is 0.364. The third kappa shape index (κ3) is 4.45. The summed E-state index contributed by atoms with van der Waals surface area (Å²) in [6.45, 7) is 8.49. The van der Waals surface area contributed by atoms with E-state index in [1.54, 1.807) is 48.5 Å². The van der Waals surface area contributed by atoms with Gasteiger partial charge in [0.05, 0.1) is 0 Å². The molecule has 0 aliphatic heterocycles. The number of carbonyl (C=O) groups is 2. The molecule has 0 bridgehead atoms. The minimum atomic E-state index is -1.43. The first-order valence-corrected chi connectivity index (χ1v) is 8.61. The lowest BCUT2D eigenvalue weighted by molar-refractivity contribution is 0.0488. The SMILES string of the molecule is CC(C)(C)C(=O)c1ccc(C(O)c2ccc(C(=O)C(C)(C)O)cc2)cc1. The van der Waals surface area contributed by atoms with Crippen LogP contribution in [0.1, 0.15) is 72.6 Å². The first-order valence-electron chi connectivity index (χ1n) is 8.61. The molecule has 0 fully saturated rings. The molecule has 26 heavy (non-hydrogen) atoms. The zero-order valence-electron chi connectivity index (χ0n) is 15.9. The minimum Gasteiger partial charge on any atom is -0.384 e. The first kappa shape index (κ1) is 20.0. The second-order valence-corrected chi connectivity index (χ2v) is 8.11. The molecule has 0 saturated carbocycles. The highest BCUT2D eigenvalue weighted by Crippen LogP contribution is 2.26. The molecule has 0 spiro atoms. The summed E-state index contributed by atoms with van der Waals surface area (Å²) in [4.78, 5) is 24.3. The Kier molecular flexibility index (Phi) is 5.49. The number of ketones is 2. The average molecular weight is 354 g/mol. The Balaban J connectivity index is 2.20. The van der Waals surface area contributed by atoms with Gasteiger partial charge in [0.15, 0.2) is 11.6 Å². The average Bonchev–Trinajstić information content (AvgIpc) is 2.58. The number of rotatable bonds is 5. The molecule has 2 N–H and O–H groups in total. The smallest absolute Gasteiger partial charge is 0.193 e. The van der Waals surface area contributed by atoms with Crippen LogP contribution in [0.3, 0.4) is 0 Å². The van der Waals surface area contributed by atoms with E-state index >= 15 is 0 Å². The maximum atomic E-state index is 12.3. The Bertz CT molecular complexity index is 719. The molecule has 0 saturated heterocycles. The molecule has 0 aromatic heterocycles. The van der Waals surface area contributed by atoms with E-state index in [9.17, 15) is 19.8 Å². The third-order valence-electron chi connectivity index (χ3n) is 4.21. The molecule has 4 nitrogen and oxygen atoms in total. The molecule has 0 amide bonds. The Morgan fingerprint density at radius 1 is 0.731 bits per heavy atom. The molecule has 2 aromatic rings. The Morgan fingerprint density at radius 2 is 1.08 bits per heavy atom. The topological polar surface area (TPSA) is 74.6 Å². The third-order valence-corrected chi connectivity index (χ3v) is 4.21. The Morgan fingerprint density at radius 3 is 1.38 bits per heavy atom. The summed E-state index contributed by atoms with van der Waals surface area (Å²) >= 11 is 0. The maximum absolute atomic E-state index is 12.3. The van der Waals surface area contributed by atoms with Gasteiger partial charge in [-0.15, -0.1) is 0 Å². The highest BCUT2D eigenvalue weighted by atomic mass is 16.3. The number of benzene rings is 2. The predicted molar refractivity (Wildman–Crippen MR) is 101 cm³/mol. The van der Waals surface area contributed by atoms with Gasteiger partial charge in [-0.1, -0.05) is 69.3 Å². The summed E-state index contributed by atoms with van der Waals surface area (Å²) in [5.41, 5.74) is 0.404. The van der Waals surface area contributed by atoms with Crippen LogP contribution < -0.4 is 0 Å². The molecule has 0 heterocycles. The van der Waals surface area contributed by atoms with Crippen LogP contribution in [-0.4, -0.2) is 27.4 Å². The van der Waals surface area contributed by atoms with E-state index in [4.69, 9.17) is 0 Å². The number of carbonyl (C=O) groups excluding carboxylic acids is 2. The molecule has 4 heteroatoms. The first-order chi connectivity index (χ1) is 11.9. The van der Waals surface area contributed by atoms with Crippen LogP contribution in [0.5, 0.6) is 0 Å². The van der Waals surface area contributed by atoms with Gasteiger partial charge < -0.3 is 10.2 Å². The maximum Gasteiger partial charge on any atom is 0.193 e. The molecular formula is C22H26O4. The van der Waals surface area contributed by atoms with Crippen molar-refractivity contribution >= 4 is 11.6 Å². The fourth-order valence-electron chi connectivity index (χ4n) is 2.61. The number of hydrogen-bond donors (Lipinski definition) is 2. The van der Waals surface area contributed by atoms with E-state index < -0.39 is 17.1 Å². The van der Waals surface area contributed by atoms with Gasteiger partial charge in [0, 0.05) is 16.5 Å². The van der Waals surface area contributed by atoms with Crippen molar-refractivity contribution in [2.45, 2.75) is 46.3 Å². The minimum absolute atomic E-state index is 0.0491. The number of aliphatic hydroxyl groups is 2. The normalized spacial score (nSPS) is 13.3. The van der Waals surface area contributed by atoms with Gasteiger partial charge in [0.2, 0.25) is 0 Å². The number of hydrogen-bond acceptors (Lipinski definition) is 4.